The summed E-state index contributed by atoms with van der Waals surface area (Å²) in [7, 11) is 0. The first kappa shape index (κ1) is 11.4. The van der Waals surface area contributed by atoms with Gasteiger partial charge in [-0.05, 0) is 31.7 Å². The third kappa shape index (κ3) is 1.84. The molecule has 5 heteroatoms. The number of carbonyl (C=O) groups is 1. The van der Waals surface area contributed by atoms with Gasteiger partial charge in [-0.1, -0.05) is 0 Å². The van der Waals surface area contributed by atoms with Crippen LogP contribution in [0.25, 0.3) is 0 Å². The van der Waals surface area contributed by atoms with Crippen molar-refractivity contribution in [2.24, 2.45) is 11.8 Å². The maximum atomic E-state index is 13.6. The van der Waals surface area contributed by atoms with E-state index in [1.54, 1.807) is 4.90 Å². The topological polar surface area (TPSA) is 32.3 Å². The molecule has 3 fully saturated rings. The number of likely N-dealkylation sites (tertiary alicyclic amines) is 1. The highest BCUT2D eigenvalue weighted by molar-refractivity contribution is 5.82. The van der Waals surface area contributed by atoms with Gasteiger partial charge in [0.25, 0.3) is 5.92 Å². The third-order valence-corrected chi connectivity index (χ3v) is 4.50. The molecule has 0 bridgehead atoms. The zero-order valence-electron chi connectivity index (χ0n) is 9.79. The molecule has 0 unspecified atom stereocenters. The molecule has 2 heterocycles. The lowest BCUT2D eigenvalue weighted by Gasteiger charge is -2.23. The quantitative estimate of drug-likeness (QED) is 0.752. The number of amides is 1. The minimum Gasteiger partial charge on any atom is -0.341 e. The van der Waals surface area contributed by atoms with E-state index in [0.29, 0.717) is 13.0 Å². The van der Waals surface area contributed by atoms with E-state index < -0.39 is 11.8 Å². The molecule has 3 rings (SSSR count). The van der Waals surface area contributed by atoms with Crippen LogP contribution in [0, 0.1) is 11.8 Å². The second-order valence-corrected chi connectivity index (χ2v) is 5.56. The minimum absolute atomic E-state index is 0.00599. The van der Waals surface area contributed by atoms with Crippen molar-refractivity contribution in [3.8, 4) is 0 Å². The Labute approximate surface area is 99.5 Å². The van der Waals surface area contributed by atoms with Gasteiger partial charge in [-0.2, -0.15) is 0 Å². The highest BCUT2D eigenvalue weighted by atomic mass is 19.3. The predicted octanol–water partition coefficient (Wildman–Crippen LogP) is 1.24. The van der Waals surface area contributed by atoms with Gasteiger partial charge < -0.3 is 10.2 Å². The Hall–Kier alpha value is -0.710. The Morgan fingerprint density at radius 2 is 2.12 bits per heavy atom. The molecule has 0 aromatic heterocycles. The van der Waals surface area contributed by atoms with E-state index in [1.165, 1.54) is 0 Å². The summed E-state index contributed by atoms with van der Waals surface area (Å²) >= 11 is 0. The van der Waals surface area contributed by atoms with Crippen LogP contribution < -0.4 is 5.32 Å². The van der Waals surface area contributed by atoms with E-state index >= 15 is 0 Å². The molecule has 1 aliphatic carbocycles. The van der Waals surface area contributed by atoms with Gasteiger partial charge in [-0.15, -0.1) is 0 Å². The van der Waals surface area contributed by atoms with Crippen molar-refractivity contribution in [3.05, 3.63) is 0 Å². The summed E-state index contributed by atoms with van der Waals surface area (Å²) in [5.41, 5.74) is 0. The SMILES string of the molecule is O=C([C@@H]1CCCN1)N1C[C@@H]2CCC(F)(F)[C@H]2C1. The van der Waals surface area contributed by atoms with Gasteiger partial charge in [0.05, 0.1) is 6.04 Å². The van der Waals surface area contributed by atoms with Crippen molar-refractivity contribution in [2.45, 2.75) is 37.6 Å². The van der Waals surface area contributed by atoms with Crippen molar-refractivity contribution < 1.29 is 13.6 Å². The van der Waals surface area contributed by atoms with Crippen LogP contribution in [0.2, 0.25) is 0 Å². The molecule has 17 heavy (non-hydrogen) atoms. The number of rotatable bonds is 1. The fourth-order valence-corrected chi connectivity index (χ4v) is 3.50. The number of hydrogen-bond acceptors (Lipinski definition) is 2. The number of fused-ring (bicyclic) bond motifs is 1. The molecule has 3 atom stereocenters. The van der Waals surface area contributed by atoms with Crippen LogP contribution in [0.4, 0.5) is 8.78 Å². The molecular formula is C12H18F2N2O. The summed E-state index contributed by atoms with van der Waals surface area (Å²) in [6, 6.07) is -0.123. The Bertz CT molecular complexity index is 328. The number of alkyl halides is 2. The first-order valence-electron chi connectivity index (χ1n) is 6.48. The second-order valence-electron chi connectivity index (χ2n) is 5.56. The standard InChI is InChI=1S/C12H18F2N2O/c13-12(14)4-3-8-6-16(7-9(8)12)11(17)10-2-1-5-15-10/h8-10,15H,1-7H2/t8-,9-,10-/m0/s1. The van der Waals surface area contributed by atoms with E-state index in [9.17, 15) is 13.6 Å². The van der Waals surface area contributed by atoms with Crippen LogP contribution >= 0.6 is 0 Å². The molecule has 96 valence electrons. The zero-order chi connectivity index (χ0) is 12.0. The van der Waals surface area contributed by atoms with Gasteiger partial charge in [0.15, 0.2) is 0 Å². The van der Waals surface area contributed by atoms with Crippen LogP contribution in [0.15, 0.2) is 0 Å². The Morgan fingerprint density at radius 3 is 2.76 bits per heavy atom. The number of hydrogen-bond donors (Lipinski definition) is 1. The van der Waals surface area contributed by atoms with Crippen molar-refractivity contribution in [3.63, 3.8) is 0 Å². The van der Waals surface area contributed by atoms with Gasteiger partial charge in [-0.25, -0.2) is 8.78 Å². The summed E-state index contributed by atoms with van der Waals surface area (Å²) in [5.74, 6) is -3.08. The molecule has 3 nitrogen and oxygen atoms in total. The molecule has 1 N–H and O–H groups in total. The summed E-state index contributed by atoms with van der Waals surface area (Å²) in [6.45, 7) is 1.67. The van der Waals surface area contributed by atoms with E-state index in [-0.39, 0.29) is 30.8 Å². The first-order valence-corrected chi connectivity index (χ1v) is 6.48. The van der Waals surface area contributed by atoms with Gasteiger partial charge in [0, 0.05) is 25.4 Å². The number of carbonyl (C=O) groups excluding carboxylic acids is 1. The fourth-order valence-electron chi connectivity index (χ4n) is 3.50. The number of halogens is 2. The van der Waals surface area contributed by atoms with Crippen LogP contribution in [-0.4, -0.2) is 42.4 Å². The fraction of sp³-hybridized carbons (Fsp3) is 0.917. The molecule has 1 amide bonds. The van der Waals surface area contributed by atoms with Crippen LogP contribution in [0.3, 0.4) is 0 Å². The average molecular weight is 244 g/mol. The zero-order valence-corrected chi connectivity index (χ0v) is 9.79. The normalized spacial score (nSPS) is 39.6. The smallest absolute Gasteiger partial charge is 0.252 e. The minimum atomic E-state index is -2.55. The first-order chi connectivity index (χ1) is 8.08. The van der Waals surface area contributed by atoms with Crippen molar-refractivity contribution in [2.75, 3.05) is 19.6 Å². The molecular weight excluding hydrogens is 226 g/mol. The number of nitrogens with zero attached hydrogens (tertiary/aromatic N) is 1. The molecule has 0 aromatic rings. The maximum absolute atomic E-state index is 13.6. The lowest BCUT2D eigenvalue weighted by Crippen LogP contribution is -2.43. The third-order valence-electron chi connectivity index (χ3n) is 4.50. The second kappa shape index (κ2) is 3.90. The van der Waals surface area contributed by atoms with Crippen LogP contribution in [0.5, 0.6) is 0 Å². The largest absolute Gasteiger partial charge is 0.341 e. The Kier molecular flexibility index (Phi) is 2.61. The molecule has 0 spiro atoms. The van der Waals surface area contributed by atoms with Gasteiger partial charge in [-0.3, -0.25) is 4.79 Å². The lowest BCUT2D eigenvalue weighted by atomic mass is 9.99. The summed E-state index contributed by atoms with van der Waals surface area (Å²) < 4.78 is 27.1. The van der Waals surface area contributed by atoms with Gasteiger partial charge >= 0.3 is 0 Å². The van der Waals surface area contributed by atoms with E-state index in [4.69, 9.17) is 0 Å². The molecule has 0 aromatic carbocycles. The van der Waals surface area contributed by atoms with E-state index in [2.05, 4.69) is 5.32 Å². The van der Waals surface area contributed by atoms with Crippen LogP contribution in [0.1, 0.15) is 25.7 Å². The van der Waals surface area contributed by atoms with Gasteiger partial charge in [0.2, 0.25) is 5.91 Å². The molecule has 2 saturated heterocycles. The molecule has 1 saturated carbocycles. The summed E-state index contributed by atoms with van der Waals surface area (Å²) in [5, 5.41) is 3.14. The monoisotopic (exact) mass is 244 g/mol. The molecule has 2 aliphatic heterocycles. The predicted molar refractivity (Wildman–Crippen MR) is 58.8 cm³/mol. The van der Waals surface area contributed by atoms with E-state index in [0.717, 1.165) is 19.4 Å². The van der Waals surface area contributed by atoms with E-state index in [1.807, 2.05) is 0 Å². The highest BCUT2D eigenvalue weighted by Gasteiger charge is 2.55. The van der Waals surface area contributed by atoms with Crippen molar-refractivity contribution in [1.29, 1.82) is 0 Å². The van der Waals surface area contributed by atoms with Crippen LogP contribution in [-0.2, 0) is 4.79 Å². The van der Waals surface area contributed by atoms with Gasteiger partial charge in [0.1, 0.15) is 0 Å². The average Bonchev–Trinajstić information content (AvgIpc) is 2.97. The van der Waals surface area contributed by atoms with Crippen molar-refractivity contribution >= 4 is 5.91 Å². The highest BCUT2D eigenvalue weighted by Crippen LogP contribution is 2.48. The lowest BCUT2D eigenvalue weighted by molar-refractivity contribution is -0.133. The van der Waals surface area contributed by atoms with Crippen molar-refractivity contribution in [1.82, 2.24) is 10.2 Å². The number of nitrogens with one attached hydrogen (secondary N) is 1. The summed E-state index contributed by atoms with van der Waals surface area (Å²) in [6.07, 6.45) is 2.43. The Balaban J connectivity index is 1.66. The molecule has 3 aliphatic rings. The Morgan fingerprint density at radius 1 is 1.29 bits per heavy atom. The summed E-state index contributed by atoms with van der Waals surface area (Å²) in [4.78, 5) is 13.8. The molecule has 0 radical (unpaired) electrons. The maximum Gasteiger partial charge on any atom is 0.252 e.